The Bertz CT molecular complexity index is 616. The molecule has 3 rings (SSSR count). The van der Waals surface area contributed by atoms with Gasteiger partial charge >= 0.3 is 0 Å². The maximum atomic E-state index is 11.9. The summed E-state index contributed by atoms with van der Waals surface area (Å²) in [6.45, 7) is 4.70. The van der Waals surface area contributed by atoms with Gasteiger partial charge in [-0.2, -0.15) is 5.10 Å². The highest BCUT2D eigenvalue weighted by Crippen LogP contribution is 2.12. The lowest BCUT2D eigenvalue weighted by molar-refractivity contribution is -0.121. The van der Waals surface area contributed by atoms with Crippen LogP contribution in [0, 0.1) is 0 Å². The smallest absolute Gasteiger partial charge is 0.221 e. The summed E-state index contributed by atoms with van der Waals surface area (Å²) in [7, 11) is 0. The van der Waals surface area contributed by atoms with Crippen molar-refractivity contribution in [2.45, 2.75) is 32.2 Å². The van der Waals surface area contributed by atoms with Gasteiger partial charge in [0.25, 0.3) is 0 Å². The molecule has 2 aromatic rings. The van der Waals surface area contributed by atoms with Gasteiger partial charge in [0, 0.05) is 24.9 Å². The number of aryl methyl sites for hydroxylation is 1. The van der Waals surface area contributed by atoms with Crippen molar-refractivity contribution in [1.29, 1.82) is 0 Å². The van der Waals surface area contributed by atoms with Crippen LogP contribution in [0.15, 0.2) is 30.5 Å². The molecule has 1 aliphatic rings. The van der Waals surface area contributed by atoms with Gasteiger partial charge in [0.2, 0.25) is 5.91 Å². The summed E-state index contributed by atoms with van der Waals surface area (Å²) >= 11 is 0. The van der Waals surface area contributed by atoms with E-state index in [2.05, 4.69) is 15.3 Å². The first-order chi connectivity index (χ1) is 10.8. The third-order valence-corrected chi connectivity index (χ3v) is 4.30. The first-order valence-corrected chi connectivity index (χ1v) is 8.22. The number of likely N-dealkylation sites (tertiary alicyclic amines) is 1. The number of rotatable bonds is 6. The van der Waals surface area contributed by atoms with E-state index >= 15 is 0 Å². The number of nitrogens with zero attached hydrogens (tertiary/aromatic N) is 3. The standard InChI is InChI=1S/C17H24N4O/c22-17(18-9-13-20-10-4-1-5-11-20)8-12-21-16-7-3-2-6-15(16)14-19-21/h2-3,6-7,14H,1,4-5,8-13H2,(H,18,22). The molecule has 1 amide bonds. The first-order valence-electron chi connectivity index (χ1n) is 8.22. The van der Waals surface area contributed by atoms with Gasteiger partial charge in [-0.25, -0.2) is 0 Å². The minimum Gasteiger partial charge on any atom is -0.355 e. The van der Waals surface area contributed by atoms with Gasteiger partial charge in [-0.3, -0.25) is 9.48 Å². The molecule has 5 heteroatoms. The molecule has 0 radical (unpaired) electrons. The van der Waals surface area contributed by atoms with Crippen LogP contribution in [0.5, 0.6) is 0 Å². The second-order valence-electron chi connectivity index (χ2n) is 5.93. The lowest BCUT2D eigenvalue weighted by Crippen LogP contribution is -2.37. The summed E-state index contributed by atoms with van der Waals surface area (Å²) in [6, 6.07) is 8.08. The molecule has 1 aromatic heterocycles. The second kappa shape index (κ2) is 7.40. The summed E-state index contributed by atoms with van der Waals surface area (Å²) < 4.78 is 1.90. The van der Waals surface area contributed by atoms with E-state index in [4.69, 9.17) is 0 Å². The SMILES string of the molecule is O=C(CCn1ncc2ccccc21)NCCN1CCCCC1. The summed E-state index contributed by atoms with van der Waals surface area (Å²) in [4.78, 5) is 14.4. The normalized spacial score (nSPS) is 16.0. The van der Waals surface area contributed by atoms with Gasteiger partial charge < -0.3 is 10.2 Å². The zero-order chi connectivity index (χ0) is 15.2. The van der Waals surface area contributed by atoms with E-state index in [9.17, 15) is 4.79 Å². The predicted molar refractivity (Wildman–Crippen MR) is 87.7 cm³/mol. The molecule has 1 aliphatic heterocycles. The van der Waals surface area contributed by atoms with E-state index < -0.39 is 0 Å². The molecule has 0 aliphatic carbocycles. The van der Waals surface area contributed by atoms with E-state index in [1.807, 2.05) is 35.1 Å². The summed E-state index contributed by atoms with van der Waals surface area (Å²) in [6.07, 6.45) is 6.26. The van der Waals surface area contributed by atoms with Gasteiger partial charge in [-0.15, -0.1) is 0 Å². The summed E-state index contributed by atoms with van der Waals surface area (Å²) in [5, 5.41) is 8.49. The quantitative estimate of drug-likeness (QED) is 0.888. The molecule has 1 fully saturated rings. The Morgan fingerprint density at radius 1 is 1.14 bits per heavy atom. The highest BCUT2D eigenvalue weighted by atomic mass is 16.1. The van der Waals surface area contributed by atoms with Gasteiger partial charge in [0.15, 0.2) is 0 Å². The van der Waals surface area contributed by atoms with Crippen LogP contribution in [0.25, 0.3) is 10.9 Å². The number of piperidine rings is 1. The van der Waals surface area contributed by atoms with Crippen molar-refractivity contribution >= 4 is 16.8 Å². The summed E-state index contributed by atoms with van der Waals surface area (Å²) in [5.74, 6) is 0.108. The molecule has 1 aromatic carbocycles. The number of aromatic nitrogens is 2. The molecular weight excluding hydrogens is 276 g/mol. The molecule has 2 heterocycles. The monoisotopic (exact) mass is 300 g/mol. The predicted octanol–water partition coefficient (Wildman–Crippen LogP) is 2.03. The van der Waals surface area contributed by atoms with Crippen LogP contribution in [0.1, 0.15) is 25.7 Å². The number of benzene rings is 1. The molecule has 0 atom stereocenters. The summed E-state index contributed by atoms with van der Waals surface area (Å²) in [5.41, 5.74) is 1.09. The Kier molecular flexibility index (Phi) is 5.06. The van der Waals surface area contributed by atoms with Crippen molar-refractivity contribution in [3.05, 3.63) is 30.5 Å². The maximum absolute atomic E-state index is 11.9. The Morgan fingerprint density at radius 3 is 2.82 bits per heavy atom. The lowest BCUT2D eigenvalue weighted by atomic mass is 10.1. The number of hydrogen-bond acceptors (Lipinski definition) is 3. The number of carbonyl (C=O) groups is 1. The fourth-order valence-corrected chi connectivity index (χ4v) is 3.04. The van der Waals surface area contributed by atoms with Crippen molar-refractivity contribution in [2.75, 3.05) is 26.2 Å². The maximum Gasteiger partial charge on any atom is 0.221 e. The number of amides is 1. The first kappa shape index (κ1) is 15.0. The van der Waals surface area contributed by atoms with E-state index in [1.54, 1.807) is 0 Å². The fourth-order valence-electron chi connectivity index (χ4n) is 3.04. The van der Waals surface area contributed by atoms with E-state index in [1.165, 1.54) is 32.4 Å². The third-order valence-electron chi connectivity index (χ3n) is 4.30. The van der Waals surface area contributed by atoms with E-state index in [-0.39, 0.29) is 5.91 Å². The van der Waals surface area contributed by atoms with Crippen LogP contribution in [-0.4, -0.2) is 46.8 Å². The van der Waals surface area contributed by atoms with Crippen LogP contribution in [0.4, 0.5) is 0 Å². The molecule has 22 heavy (non-hydrogen) atoms. The van der Waals surface area contributed by atoms with Crippen LogP contribution < -0.4 is 5.32 Å². The Labute approximate surface area is 131 Å². The number of carbonyl (C=O) groups excluding carboxylic acids is 1. The Balaban J connectivity index is 1.40. The number of fused-ring (bicyclic) bond motifs is 1. The van der Waals surface area contributed by atoms with Gasteiger partial charge in [0.1, 0.15) is 0 Å². The second-order valence-corrected chi connectivity index (χ2v) is 5.93. The molecule has 0 saturated carbocycles. The van der Waals surface area contributed by atoms with Crippen molar-refractivity contribution < 1.29 is 4.79 Å². The van der Waals surface area contributed by atoms with Crippen LogP contribution in [0.3, 0.4) is 0 Å². The highest BCUT2D eigenvalue weighted by Gasteiger charge is 2.10. The average Bonchev–Trinajstić information content (AvgIpc) is 2.97. The van der Waals surface area contributed by atoms with Crippen LogP contribution >= 0.6 is 0 Å². The fraction of sp³-hybridized carbons (Fsp3) is 0.529. The van der Waals surface area contributed by atoms with Crippen molar-refractivity contribution in [3.8, 4) is 0 Å². The number of hydrogen-bond donors (Lipinski definition) is 1. The van der Waals surface area contributed by atoms with Gasteiger partial charge in [-0.1, -0.05) is 24.6 Å². The van der Waals surface area contributed by atoms with Gasteiger partial charge in [-0.05, 0) is 32.0 Å². The minimum absolute atomic E-state index is 0.108. The third kappa shape index (κ3) is 3.85. The zero-order valence-corrected chi connectivity index (χ0v) is 13.0. The van der Waals surface area contributed by atoms with E-state index in [0.29, 0.717) is 13.0 Å². The molecule has 0 bridgehead atoms. The Morgan fingerprint density at radius 2 is 1.95 bits per heavy atom. The molecular formula is C17H24N4O. The minimum atomic E-state index is 0.108. The topological polar surface area (TPSA) is 50.2 Å². The molecule has 1 saturated heterocycles. The molecule has 5 nitrogen and oxygen atoms in total. The lowest BCUT2D eigenvalue weighted by Gasteiger charge is -2.26. The molecule has 1 N–H and O–H groups in total. The van der Waals surface area contributed by atoms with Gasteiger partial charge in [0.05, 0.1) is 18.3 Å². The van der Waals surface area contributed by atoms with Crippen molar-refractivity contribution in [3.63, 3.8) is 0 Å². The molecule has 118 valence electrons. The molecule has 0 spiro atoms. The average molecular weight is 300 g/mol. The largest absolute Gasteiger partial charge is 0.355 e. The van der Waals surface area contributed by atoms with Crippen LogP contribution in [-0.2, 0) is 11.3 Å². The Hall–Kier alpha value is -1.88. The zero-order valence-electron chi connectivity index (χ0n) is 13.0. The number of nitrogens with one attached hydrogen (secondary N) is 1. The number of para-hydroxylation sites is 1. The highest BCUT2D eigenvalue weighted by molar-refractivity contribution is 5.79. The van der Waals surface area contributed by atoms with Crippen LogP contribution in [0.2, 0.25) is 0 Å². The van der Waals surface area contributed by atoms with Crippen molar-refractivity contribution in [1.82, 2.24) is 20.0 Å². The van der Waals surface area contributed by atoms with Crippen molar-refractivity contribution in [2.24, 2.45) is 0 Å². The van der Waals surface area contributed by atoms with E-state index in [0.717, 1.165) is 24.0 Å². The molecule has 0 unspecified atom stereocenters.